The van der Waals surface area contributed by atoms with Gasteiger partial charge in [-0.05, 0) is 67.7 Å². The van der Waals surface area contributed by atoms with E-state index >= 15 is 0 Å². The van der Waals surface area contributed by atoms with Crippen molar-refractivity contribution in [3.05, 3.63) is 182 Å². The molecule has 0 unspecified atom stereocenters. The smallest absolute Gasteiger partial charge is 0.166 e. The standard InChI is InChI=1S/C49H30N4/c1-4-13-31(14-5-1)32-23-25-35(26-24-32)48-50-47(34-16-6-2-7-17-34)51-49(52-48)41-30-29-39-38-28-27-33-15-10-11-20-37(33)43(38)40-21-12-22-42-44(40)45(39)46(41)53(42)36-18-8-3-9-19-36/h1-30H. The summed E-state index contributed by atoms with van der Waals surface area (Å²) in [6.45, 7) is 0. The molecule has 11 aromatic rings. The molecule has 0 atom stereocenters. The Bertz CT molecular complexity index is 3130. The van der Waals surface area contributed by atoms with Crippen molar-refractivity contribution in [3.8, 4) is 51.0 Å². The summed E-state index contributed by atoms with van der Waals surface area (Å²) in [6, 6.07) is 64.3. The van der Waals surface area contributed by atoms with Gasteiger partial charge in [0.25, 0.3) is 0 Å². The minimum atomic E-state index is 0.637. The van der Waals surface area contributed by atoms with Crippen LogP contribution < -0.4 is 0 Å². The summed E-state index contributed by atoms with van der Waals surface area (Å²) in [4.78, 5) is 15.6. The zero-order valence-corrected chi connectivity index (χ0v) is 28.6. The van der Waals surface area contributed by atoms with Gasteiger partial charge >= 0.3 is 0 Å². The molecule has 0 N–H and O–H groups in total. The van der Waals surface area contributed by atoms with Crippen molar-refractivity contribution < 1.29 is 0 Å². The number of fused-ring (bicyclic) bond motifs is 5. The molecule has 0 saturated heterocycles. The lowest BCUT2D eigenvalue weighted by molar-refractivity contribution is 1.07. The Morgan fingerprint density at radius 1 is 0.321 bits per heavy atom. The monoisotopic (exact) mass is 674 g/mol. The lowest BCUT2D eigenvalue weighted by Crippen LogP contribution is -2.02. The van der Waals surface area contributed by atoms with Gasteiger partial charge in [0.1, 0.15) is 0 Å². The fourth-order valence-electron chi connectivity index (χ4n) is 8.21. The molecule has 2 aromatic heterocycles. The maximum absolute atomic E-state index is 5.28. The minimum absolute atomic E-state index is 0.637. The molecule has 0 radical (unpaired) electrons. The van der Waals surface area contributed by atoms with Crippen LogP contribution in [0.5, 0.6) is 0 Å². The van der Waals surface area contributed by atoms with Crippen molar-refractivity contribution in [2.75, 3.05) is 0 Å². The van der Waals surface area contributed by atoms with Crippen molar-refractivity contribution in [2.45, 2.75) is 0 Å². The Labute approximate surface area is 305 Å². The van der Waals surface area contributed by atoms with E-state index in [-0.39, 0.29) is 0 Å². The SMILES string of the molecule is c1ccc(-c2ccc(-c3nc(-c4ccccc4)nc(-c4ccc5c6ccc7ccccc7c6c6cccc7c6c5c4n7-c4ccccc4)n3)cc2)cc1. The number of rotatable bonds is 5. The first kappa shape index (κ1) is 29.5. The molecule has 11 rings (SSSR count). The van der Waals surface area contributed by atoms with E-state index in [4.69, 9.17) is 15.0 Å². The first-order chi connectivity index (χ1) is 26.3. The van der Waals surface area contributed by atoms with E-state index < -0.39 is 0 Å². The average Bonchev–Trinajstić information content (AvgIpc) is 3.60. The molecule has 0 aliphatic rings. The molecule has 0 fully saturated rings. The maximum Gasteiger partial charge on any atom is 0.166 e. The van der Waals surface area contributed by atoms with E-state index in [0.717, 1.165) is 39.0 Å². The molecule has 2 heterocycles. The molecule has 4 nitrogen and oxygen atoms in total. The summed E-state index contributed by atoms with van der Waals surface area (Å²) in [6.07, 6.45) is 0. The summed E-state index contributed by atoms with van der Waals surface area (Å²) < 4.78 is 2.40. The normalized spacial score (nSPS) is 11.8. The lowest BCUT2D eigenvalue weighted by Gasteiger charge is -2.14. The van der Waals surface area contributed by atoms with Gasteiger partial charge in [0.05, 0.1) is 11.0 Å². The maximum atomic E-state index is 5.28. The quantitative estimate of drug-likeness (QED) is 0.171. The summed E-state index contributed by atoms with van der Waals surface area (Å²) in [5.41, 5.74) is 8.50. The Balaban J connectivity index is 1.23. The molecule has 0 bridgehead atoms. The number of hydrogen-bond acceptors (Lipinski definition) is 3. The number of aromatic nitrogens is 4. The second-order valence-corrected chi connectivity index (χ2v) is 13.6. The van der Waals surface area contributed by atoms with Gasteiger partial charge in [0.2, 0.25) is 0 Å². The third-order valence-electron chi connectivity index (χ3n) is 10.6. The van der Waals surface area contributed by atoms with Gasteiger partial charge in [-0.15, -0.1) is 0 Å². The van der Waals surface area contributed by atoms with Gasteiger partial charge in [0, 0.05) is 33.2 Å². The van der Waals surface area contributed by atoms with E-state index in [2.05, 4.69) is 162 Å². The summed E-state index contributed by atoms with van der Waals surface area (Å²) in [5, 5.41) is 9.97. The number of nitrogens with zero attached hydrogens (tertiary/aromatic N) is 4. The van der Waals surface area contributed by atoms with Crippen LogP contribution in [0, 0.1) is 0 Å². The van der Waals surface area contributed by atoms with Crippen molar-refractivity contribution in [1.82, 2.24) is 19.5 Å². The van der Waals surface area contributed by atoms with E-state index in [0.29, 0.717) is 17.5 Å². The number of benzene rings is 9. The largest absolute Gasteiger partial charge is 0.308 e. The van der Waals surface area contributed by atoms with Crippen molar-refractivity contribution in [2.24, 2.45) is 0 Å². The fourth-order valence-corrected chi connectivity index (χ4v) is 8.21. The highest BCUT2D eigenvalue weighted by Crippen LogP contribution is 2.48. The van der Waals surface area contributed by atoms with Gasteiger partial charge < -0.3 is 4.57 Å². The van der Waals surface area contributed by atoms with Crippen LogP contribution in [-0.2, 0) is 0 Å². The van der Waals surface area contributed by atoms with Crippen molar-refractivity contribution >= 4 is 54.1 Å². The van der Waals surface area contributed by atoms with E-state index in [9.17, 15) is 0 Å². The molecule has 246 valence electrons. The van der Waals surface area contributed by atoms with Crippen LogP contribution in [0.15, 0.2) is 182 Å². The summed E-state index contributed by atoms with van der Waals surface area (Å²) in [5.74, 6) is 1.91. The molecular weight excluding hydrogens is 645 g/mol. The van der Waals surface area contributed by atoms with Crippen LogP contribution in [0.3, 0.4) is 0 Å². The Morgan fingerprint density at radius 3 is 1.62 bits per heavy atom. The van der Waals surface area contributed by atoms with Crippen LogP contribution in [-0.4, -0.2) is 19.5 Å². The van der Waals surface area contributed by atoms with E-state index in [1.165, 1.54) is 48.7 Å². The predicted molar refractivity (Wildman–Crippen MR) is 220 cm³/mol. The third-order valence-corrected chi connectivity index (χ3v) is 10.6. The molecular formula is C49H30N4. The van der Waals surface area contributed by atoms with Crippen LogP contribution in [0.1, 0.15) is 0 Å². The van der Waals surface area contributed by atoms with Gasteiger partial charge in [-0.1, -0.05) is 158 Å². The number of hydrogen-bond donors (Lipinski definition) is 0. The molecule has 0 amide bonds. The molecule has 0 aliphatic heterocycles. The van der Waals surface area contributed by atoms with Gasteiger partial charge in [0.15, 0.2) is 17.5 Å². The molecule has 0 saturated carbocycles. The third kappa shape index (κ3) is 4.59. The topological polar surface area (TPSA) is 43.6 Å². The first-order valence-electron chi connectivity index (χ1n) is 18.0. The van der Waals surface area contributed by atoms with E-state index in [1.54, 1.807) is 0 Å². The minimum Gasteiger partial charge on any atom is -0.308 e. The highest BCUT2D eigenvalue weighted by Gasteiger charge is 2.25. The second kappa shape index (κ2) is 11.7. The molecule has 0 spiro atoms. The van der Waals surface area contributed by atoms with Crippen LogP contribution in [0.2, 0.25) is 0 Å². The molecule has 4 heteroatoms. The molecule has 0 aliphatic carbocycles. The zero-order valence-electron chi connectivity index (χ0n) is 28.6. The predicted octanol–water partition coefficient (Wildman–Crippen LogP) is 12.5. The summed E-state index contributed by atoms with van der Waals surface area (Å²) >= 11 is 0. The van der Waals surface area contributed by atoms with Gasteiger partial charge in [-0.25, -0.2) is 15.0 Å². The van der Waals surface area contributed by atoms with Gasteiger partial charge in [-0.2, -0.15) is 0 Å². The van der Waals surface area contributed by atoms with Gasteiger partial charge in [-0.3, -0.25) is 0 Å². The Kier molecular flexibility index (Phi) is 6.52. The van der Waals surface area contributed by atoms with E-state index in [1.807, 2.05) is 24.3 Å². The van der Waals surface area contributed by atoms with Crippen LogP contribution in [0.4, 0.5) is 0 Å². The highest BCUT2D eigenvalue weighted by molar-refractivity contribution is 6.39. The summed E-state index contributed by atoms with van der Waals surface area (Å²) in [7, 11) is 0. The highest BCUT2D eigenvalue weighted by atomic mass is 15.0. The average molecular weight is 675 g/mol. The Morgan fingerprint density at radius 2 is 0.868 bits per heavy atom. The zero-order chi connectivity index (χ0) is 34.9. The van der Waals surface area contributed by atoms with Crippen molar-refractivity contribution in [1.29, 1.82) is 0 Å². The molecule has 9 aromatic carbocycles. The second-order valence-electron chi connectivity index (χ2n) is 13.6. The number of para-hydroxylation sites is 1. The van der Waals surface area contributed by atoms with Crippen LogP contribution in [0.25, 0.3) is 105 Å². The molecule has 53 heavy (non-hydrogen) atoms. The fraction of sp³-hybridized carbons (Fsp3) is 0. The Hall–Kier alpha value is -7.17. The van der Waals surface area contributed by atoms with Crippen LogP contribution >= 0.6 is 0 Å². The van der Waals surface area contributed by atoms with Crippen molar-refractivity contribution in [3.63, 3.8) is 0 Å². The lowest BCUT2D eigenvalue weighted by atomic mass is 9.90. The first-order valence-corrected chi connectivity index (χ1v) is 18.0.